The number of amides is 1. The van der Waals surface area contributed by atoms with Gasteiger partial charge < -0.3 is 11.1 Å². The molecule has 1 aromatic rings. The molecule has 1 aromatic heterocycles. The summed E-state index contributed by atoms with van der Waals surface area (Å²) in [4.78, 5) is 16.7. The number of nitrogens with two attached hydrogens (primary N) is 1. The van der Waals surface area contributed by atoms with Crippen LogP contribution in [0.5, 0.6) is 0 Å². The van der Waals surface area contributed by atoms with Crippen molar-refractivity contribution in [2.75, 3.05) is 5.32 Å². The van der Waals surface area contributed by atoms with Crippen LogP contribution >= 0.6 is 11.3 Å². The third-order valence-corrected chi connectivity index (χ3v) is 2.80. The Morgan fingerprint density at radius 2 is 2.36 bits per heavy atom. The summed E-state index contributed by atoms with van der Waals surface area (Å²) in [6.07, 6.45) is 0.885. The molecule has 1 heterocycles. The molecule has 5 heteroatoms. The molecule has 0 aliphatic carbocycles. The summed E-state index contributed by atoms with van der Waals surface area (Å²) in [5.41, 5.74) is 6.46. The molecule has 0 bridgehead atoms. The van der Waals surface area contributed by atoms with Gasteiger partial charge in [-0.25, -0.2) is 4.98 Å². The highest BCUT2D eigenvalue weighted by Crippen LogP contribution is 2.22. The molecule has 0 aliphatic rings. The zero-order valence-corrected chi connectivity index (χ0v) is 9.44. The van der Waals surface area contributed by atoms with Gasteiger partial charge in [0.1, 0.15) is 0 Å². The van der Waals surface area contributed by atoms with Crippen molar-refractivity contribution < 1.29 is 4.79 Å². The van der Waals surface area contributed by atoms with Gasteiger partial charge in [-0.2, -0.15) is 0 Å². The Balaban J connectivity index is 2.73. The molecule has 0 spiro atoms. The number of carbonyl (C=O) groups is 1. The Hall–Kier alpha value is -0.940. The number of nitrogens with one attached hydrogen (secondary N) is 1. The number of aromatic nitrogens is 1. The first-order valence-corrected chi connectivity index (χ1v) is 5.39. The van der Waals surface area contributed by atoms with E-state index in [1.165, 1.54) is 11.3 Å². The largest absolute Gasteiger partial charge is 0.320 e. The van der Waals surface area contributed by atoms with Crippen molar-refractivity contribution in [3.8, 4) is 0 Å². The smallest absolute Gasteiger partial charge is 0.242 e. The number of anilines is 1. The maximum atomic E-state index is 11.3. The molecular weight excluding hydrogens is 198 g/mol. The summed E-state index contributed by atoms with van der Waals surface area (Å²) in [6.45, 7) is 5.69. The second-order valence-corrected chi connectivity index (χ2v) is 4.36. The summed E-state index contributed by atoms with van der Waals surface area (Å²) in [6, 6.07) is -0.496. The number of carbonyl (C=O) groups excluding carboxylic acids is 1. The molecule has 0 fully saturated rings. The minimum absolute atomic E-state index is 0.193. The minimum atomic E-state index is -0.496. The van der Waals surface area contributed by atoms with Gasteiger partial charge in [-0.05, 0) is 20.3 Å². The lowest BCUT2D eigenvalue weighted by molar-refractivity contribution is -0.117. The molecule has 0 saturated carbocycles. The lowest BCUT2D eigenvalue weighted by Crippen LogP contribution is -2.32. The van der Waals surface area contributed by atoms with Crippen LogP contribution in [0.4, 0.5) is 5.13 Å². The van der Waals surface area contributed by atoms with Crippen LogP contribution < -0.4 is 11.1 Å². The van der Waals surface area contributed by atoms with Crippen molar-refractivity contribution in [3.63, 3.8) is 0 Å². The fraction of sp³-hybridized carbons (Fsp3) is 0.556. The number of nitrogens with zero attached hydrogens (tertiary/aromatic N) is 1. The zero-order valence-electron chi connectivity index (χ0n) is 8.63. The Labute approximate surface area is 87.5 Å². The standard InChI is InChI=1S/C9H15N3OS/c1-4-7-6(3)14-9(11-7)12-8(13)5(2)10/h5H,4,10H2,1-3H3,(H,11,12,13)/t5-/m0/s1. The van der Waals surface area contributed by atoms with E-state index in [2.05, 4.69) is 10.3 Å². The monoisotopic (exact) mass is 213 g/mol. The van der Waals surface area contributed by atoms with Gasteiger partial charge in [0, 0.05) is 4.88 Å². The predicted molar refractivity (Wildman–Crippen MR) is 58.5 cm³/mol. The first-order valence-electron chi connectivity index (χ1n) is 4.57. The quantitative estimate of drug-likeness (QED) is 0.795. The highest BCUT2D eigenvalue weighted by molar-refractivity contribution is 7.15. The van der Waals surface area contributed by atoms with Crippen LogP contribution in [-0.2, 0) is 11.2 Å². The van der Waals surface area contributed by atoms with E-state index in [1.807, 2.05) is 13.8 Å². The van der Waals surface area contributed by atoms with Crippen LogP contribution in [0.3, 0.4) is 0 Å². The average Bonchev–Trinajstić information content (AvgIpc) is 2.45. The van der Waals surface area contributed by atoms with E-state index in [9.17, 15) is 4.79 Å². The zero-order chi connectivity index (χ0) is 10.7. The van der Waals surface area contributed by atoms with Gasteiger partial charge >= 0.3 is 0 Å². The summed E-state index contributed by atoms with van der Waals surface area (Å²) >= 11 is 1.49. The molecule has 1 amide bonds. The Morgan fingerprint density at radius 3 is 2.79 bits per heavy atom. The Bertz CT molecular complexity index is 333. The van der Waals surface area contributed by atoms with Crippen molar-refractivity contribution in [1.82, 2.24) is 4.98 Å². The Morgan fingerprint density at radius 1 is 1.71 bits per heavy atom. The molecule has 0 unspecified atom stereocenters. The SMILES string of the molecule is CCc1nc(NC(=O)[C@H](C)N)sc1C. The molecule has 78 valence electrons. The molecular formula is C9H15N3OS. The number of hydrogen-bond acceptors (Lipinski definition) is 4. The maximum Gasteiger partial charge on any atom is 0.242 e. The predicted octanol–water partition coefficient (Wildman–Crippen LogP) is 1.30. The number of rotatable bonds is 3. The lowest BCUT2D eigenvalue weighted by Gasteiger charge is -2.03. The maximum absolute atomic E-state index is 11.3. The van der Waals surface area contributed by atoms with Crippen LogP contribution in [-0.4, -0.2) is 16.9 Å². The lowest BCUT2D eigenvalue weighted by atomic mass is 10.3. The average molecular weight is 213 g/mol. The van der Waals surface area contributed by atoms with E-state index >= 15 is 0 Å². The van der Waals surface area contributed by atoms with Crippen molar-refractivity contribution in [3.05, 3.63) is 10.6 Å². The van der Waals surface area contributed by atoms with E-state index in [0.717, 1.165) is 17.0 Å². The summed E-state index contributed by atoms with van der Waals surface area (Å²) < 4.78 is 0. The van der Waals surface area contributed by atoms with Crippen LogP contribution in [0, 0.1) is 6.92 Å². The number of aryl methyl sites for hydroxylation is 2. The molecule has 0 saturated heterocycles. The van der Waals surface area contributed by atoms with Gasteiger partial charge in [0.15, 0.2) is 5.13 Å². The topological polar surface area (TPSA) is 68.0 Å². The number of hydrogen-bond donors (Lipinski definition) is 2. The molecule has 3 N–H and O–H groups in total. The van der Waals surface area contributed by atoms with Gasteiger partial charge in [-0.3, -0.25) is 4.79 Å². The first kappa shape index (κ1) is 11.1. The second-order valence-electron chi connectivity index (χ2n) is 3.15. The highest BCUT2D eigenvalue weighted by Gasteiger charge is 2.11. The van der Waals surface area contributed by atoms with Crippen molar-refractivity contribution in [1.29, 1.82) is 0 Å². The van der Waals surface area contributed by atoms with E-state index < -0.39 is 6.04 Å². The van der Waals surface area contributed by atoms with Gasteiger partial charge in [0.2, 0.25) is 5.91 Å². The van der Waals surface area contributed by atoms with E-state index in [1.54, 1.807) is 6.92 Å². The highest BCUT2D eigenvalue weighted by atomic mass is 32.1. The van der Waals surface area contributed by atoms with Crippen LogP contribution in [0.2, 0.25) is 0 Å². The van der Waals surface area contributed by atoms with Crippen LogP contribution in [0.1, 0.15) is 24.4 Å². The van der Waals surface area contributed by atoms with Gasteiger partial charge in [0.25, 0.3) is 0 Å². The number of thiazole rings is 1. The van der Waals surface area contributed by atoms with E-state index in [0.29, 0.717) is 5.13 Å². The molecule has 0 radical (unpaired) electrons. The summed E-state index contributed by atoms with van der Waals surface area (Å²) in [7, 11) is 0. The fourth-order valence-electron chi connectivity index (χ4n) is 1.03. The molecule has 0 aromatic carbocycles. The molecule has 1 atom stereocenters. The summed E-state index contributed by atoms with van der Waals surface area (Å²) in [5, 5.41) is 3.32. The Kier molecular flexibility index (Phi) is 3.60. The van der Waals surface area contributed by atoms with Gasteiger partial charge in [0.05, 0.1) is 11.7 Å². The fourth-order valence-corrected chi connectivity index (χ4v) is 1.93. The van der Waals surface area contributed by atoms with Crippen molar-refractivity contribution in [2.45, 2.75) is 33.2 Å². The molecule has 4 nitrogen and oxygen atoms in total. The normalized spacial score (nSPS) is 12.6. The van der Waals surface area contributed by atoms with Crippen LogP contribution in [0.25, 0.3) is 0 Å². The van der Waals surface area contributed by atoms with E-state index in [-0.39, 0.29) is 5.91 Å². The molecule has 0 aliphatic heterocycles. The van der Waals surface area contributed by atoms with Gasteiger partial charge in [-0.15, -0.1) is 11.3 Å². The van der Waals surface area contributed by atoms with E-state index in [4.69, 9.17) is 5.73 Å². The van der Waals surface area contributed by atoms with Crippen molar-refractivity contribution >= 4 is 22.4 Å². The molecule has 1 rings (SSSR count). The third-order valence-electron chi connectivity index (χ3n) is 1.87. The van der Waals surface area contributed by atoms with Crippen LogP contribution in [0.15, 0.2) is 0 Å². The third kappa shape index (κ3) is 2.52. The first-order chi connectivity index (χ1) is 6.54. The second kappa shape index (κ2) is 4.52. The molecule has 14 heavy (non-hydrogen) atoms. The minimum Gasteiger partial charge on any atom is -0.320 e. The van der Waals surface area contributed by atoms with Gasteiger partial charge in [-0.1, -0.05) is 6.92 Å². The summed E-state index contributed by atoms with van der Waals surface area (Å²) in [5.74, 6) is -0.193. The van der Waals surface area contributed by atoms with Crippen molar-refractivity contribution in [2.24, 2.45) is 5.73 Å².